The predicted molar refractivity (Wildman–Crippen MR) is 213 cm³/mol. The van der Waals surface area contributed by atoms with Gasteiger partial charge in [-0.25, -0.2) is 9.59 Å². The van der Waals surface area contributed by atoms with Crippen LogP contribution in [0.15, 0.2) is 157 Å². The lowest BCUT2D eigenvalue weighted by molar-refractivity contribution is -0.245. The highest BCUT2D eigenvalue weighted by molar-refractivity contribution is 7.99. The second-order valence-electron chi connectivity index (χ2n) is 13.1. The molecule has 1 fully saturated rings. The molecule has 4 N–H and O–H groups in total. The lowest BCUT2D eigenvalue weighted by Gasteiger charge is -2.36. The number of aromatic carboxylic acids is 1. The van der Waals surface area contributed by atoms with Crippen molar-refractivity contribution >= 4 is 29.4 Å². The van der Waals surface area contributed by atoms with Gasteiger partial charge in [-0.3, -0.25) is 0 Å². The number of aliphatic hydroxyl groups excluding tert-OH is 1. The van der Waals surface area contributed by atoms with Crippen LogP contribution in [-0.2, 0) is 22.6 Å². The smallest absolute Gasteiger partial charge is 0.335 e. The van der Waals surface area contributed by atoms with Gasteiger partial charge in [-0.15, -0.1) is 11.8 Å². The first-order valence-corrected chi connectivity index (χ1v) is 18.9. The number of rotatable bonds is 13. The minimum Gasteiger partial charge on any atom is -0.478 e. The molecule has 0 aromatic heterocycles. The summed E-state index contributed by atoms with van der Waals surface area (Å²) >= 11 is 1.61. The van der Waals surface area contributed by atoms with Crippen molar-refractivity contribution in [1.82, 2.24) is 5.32 Å². The number of amides is 2. The molecule has 0 aliphatic carbocycles. The quantitative estimate of drug-likeness (QED) is 0.0860. The molecule has 0 radical (unpaired) electrons. The normalized spacial score (nSPS) is 16.6. The number of urea groups is 1. The van der Waals surface area contributed by atoms with E-state index in [4.69, 9.17) is 14.2 Å². The first kappa shape index (κ1) is 37.4. The zero-order chi connectivity index (χ0) is 38.0. The van der Waals surface area contributed by atoms with E-state index >= 15 is 0 Å². The number of carboxylic acid groups (broad SMARTS) is 1. The molecule has 0 bridgehead atoms. The Bertz CT molecular complexity index is 2180. The van der Waals surface area contributed by atoms with Crippen molar-refractivity contribution in [2.75, 3.05) is 11.1 Å². The molecular formula is C45H40N2O7S. The van der Waals surface area contributed by atoms with Gasteiger partial charge in [-0.2, -0.15) is 0 Å². The van der Waals surface area contributed by atoms with Gasteiger partial charge < -0.3 is 35.1 Å². The van der Waals surface area contributed by atoms with E-state index in [0.717, 1.165) is 44.0 Å². The van der Waals surface area contributed by atoms with E-state index in [-0.39, 0.29) is 30.4 Å². The van der Waals surface area contributed by atoms with Crippen LogP contribution in [0.25, 0.3) is 11.1 Å². The Hall–Kier alpha value is -5.91. The lowest BCUT2D eigenvalue weighted by atomic mass is 9.99. The first-order chi connectivity index (χ1) is 26.9. The van der Waals surface area contributed by atoms with Gasteiger partial charge in [0.1, 0.15) is 11.5 Å². The summed E-state index contributed by atoms with van der Waals surface area (Å²) < 4.78 is 18.9. The van der Waals surface area contributed by atoms with Crippen molar-refractivity contribution < 1.29 is 34.0 Å². The summed E-state index contributed by atoms with van der Waals surface area (Å²) in [5, 5.41) is 24.6. The third-order valence-electron chi connectivity index (χ3n) is 9.14. The van der Waals surface area contributed by atoms with E-state index in [1.54, 1.807) is 36.0 Å². The Morgan fingerprint density at radius 2 is 1.42 bits per heavy atom. The molecule has 6 aromatic carbocycles. The number of carbonyl (C=O) groups is 2. The lowest BCUT2D eigenvalue weighted by Crippen LogP contribution is -2.31. The second kappa shape index (κ2) is 17.9. The largest absolute Gasteiger partial charge is 0.478 e. The molecule has 1 saturated heterocycles. The Morgan fingerprint density at radius 1 is 0.709 bits per heavy atom. The van der Waals surface area contributed by atoms with Crippen molar-refractivity contribution in [2.45, 2.75) is 43.0 Å². The van der Waals surface area contributed by atoms with Gasteiger partial charge in [-0.1, -0.05) is 84.9 Å². The third kappa shape index (κ3) is 10.2. The van der Waals surface area contributed by atoms with Gasteiger partial charge in [-0.05, 0) is 94.5 Å². The molecule has 1 heterocycles. The molecule has 7 rings (SSSR count). The maximum absolute atomic E-state index is 12.7. The van der Waals surface area contributed by atoms with Crippen LogP contribution < -0.4 is 15.4 Å². The molecule has 0 saturated carbocycles. The molecular weight excluding hydrogens is 713 g/mol. The number of thioether (sulfide) groups is 1. The topological polar surface area (TPSA) is 126 Å². The molecule has 55 heavy (non-hydrogen) atoms. The Labute approximate surface area is 323 Å². The number of hydrogen-bond acceptors (Lipinski definition) is 7. The highest BCUT2D eigenvalue weighted by atomic mass is 32.2. The zero-order valence-corrected chi connectivity index (χ0v) is 30.7. The van der Waals surface area contributed by atoms with Crippen molar-refractivity contribution in [2.24, 2.45) is 0 Å². The number of aliphatic hydroxyl groups is 1. The number of anilines is 1. The van der Waals surface area contributed by atoms with Gasteiger partial charge in [0.15, 0.2) is 6.29 Å². The number of nitrogens with one attached hydrogen (secondary N) is 2. The van der Waals surface area contributed by atoms with Crippen molar-refractivity contribution in [3.05, 3.63) is 179 Å². The number of benzene rings is 6. The molecule has 9 nitrogen and oxygen atoms in total. The fourth-order valence-electron chi connectivity index (χ4n) is 6.19. The number of para-hydroxylation sites is 1. The fraction of sp³-hybridized carbons (Fsp3) is 0.156. The van der Waals surface area contributed by atoms with E-state index in [2.05, 4.69) is 16.7 Å². The van der Waals surface area contributed by atoms with Crippen LogP contribution in [0.5, 0.6) is 11.5 Å². The summed E-state index contributed by atoms with van der Waals surface area (Å²) in [5.41, 5.74) is 6.60. The fourth-order valence-corrected chi connectivity index (χ4v) is 7.11. The molecule has 10 heteroatoms. The summed E-state index contributed by atoms with van der Waals surface area (Å²) in [6.45, 7) is 0.320. The highest BCUT2D eigenvalue weighted by Crippen LogP contribution is 2.40. The molecule has 0 unspecified atom stereocenters. The average Bonchev–Trinajstić information content (AvgIpc) is 3.23. The van der Waals surface area contributed by atoms with E-state index < -0.39 is 12.3 Å². The molecule has 278 valence electrons. The van der Waals surface area contributed by atoms with Gasteiger partial charge in [0.2, 0.25) is 0 Å². The minimum absolute atomic E-state index is 0.0276. The summed E-state index contributed by atoms with van der Waals surface area (Å²) in [5.74, 6) is 1.13. The SMILES string of the molecule is O=C(NCc1cccc(-c2ccc([C@@H]3O[C@H](CSc4ccc(C(=O)O)cc4)C[C@H](c4ccc(CO)cc4)O3)cc2)c1)Nc1ccc(Oc2ccccc2)cc1. The van der Waals surface area contributed by atoms with Gasteiger partial charge in [0.05, 0.1) is 24.4 Å². The molecule has 3 atom stereocenters. The molecule has 1 aliphatic rings. The monoisotopic (exact) mass is 752 g/mol. The standard InChI is InChI=1S/C45H40N2O7S/c48-28-30-9-11-33(12-10-30)42-26-40(29-55-41-23-17-34(18-24-41)43(49)50)53-44(54-42)35-15-13-32(14-16-35)36-6-4-5-31(25-36)27-46-45(51)47-37-19-21-39(22-20-37)52-38-7-2-1-3-8-38/h1-25,40,42,44,48H,26-29H2,(H,49,50)(H2,46,47,51)/t40-,42+,44+/m0/s1. The highest BCUT2D eigenvalue weighted by Gasteiger charge is 2.32. The maximum atomic E-state index is 12.7. The van der Waals surface area contributed by atoms with Crippen molar-refractivity contribution in [3.63, 3.8) is 0 Å². The van der Waals surface area contributed by atoms with E-state index in [1.165, 1.54) is 0 Å². The van der Waals surface area contributed by atoms with Crippen molar-refractivity contribution in [3.8, 4) is 22.6 Å². The molecule has 1 aliphatic heterocycles. The summed E-state index contributed by atoms with van der Waals surface area (Å²) in [6, 6.07) is 47.2. The number of carbonyl (C=O) groups excluding carboxylic acids is 1. The Balaban J connectivity index is 0.973. The van der Waals surface area contributed by atoms with E-state index in [0.29, 0.717) is 30.2 Å². The number of hydrogen-bond donors (Lipinski definition) is 4. The minimum atomic E-state index is -0.952. The van der Waals surface area contributed by atoms with Crippen LogP contribution in [-0.4, -0.2) is 34.1 Å². The van der Waals surface area contributed by atoms with Gasteiger partial charge in [0, 0.05) is 34.9 Å². The van der Waals surface area contributed by atoms with Crippen LogP contribution in [0.3, 0.4) is 0 Å². The molecule has 6 aromatic rings. The summed E-state index contributed by atoms with van der Waals surface area (Å²) in [4.78, 5) is 25.0. The van der Waals surface area contributed by atoms with Crippen LogP contribution >= 0.6 is 11.8 Å². The third-order valence-corrected chi connectivity index (χ3v) is 10.3. The van der Waals surface area contributed by atoms with Gasteiger partial charge >= 0.3 is 12.0 Å². The van der Waals surface area contributed by atoms with Crippen LogP contribution in [0.4, 0.5) is 10.5 Å². The average molecular weight is 753 g/mol. The summed E-state index contributed by atoms with van der Waals surface area (Å²) in [6.07, 6.45) is -0.325. The van der Waals surface area contributed by atoms with Crippen LogP contribution in [0.2, 0.25) is 0 Å². The Morgan fingerprint density at radius 3 is 2.13 bits per heavy atom. The van der Waals surface area contributed by atoms with E-state index in [9.17, 15) is 19.8 Å². The number of carboxylic acids is 1. The maximum Gasteiger partial charge on any atom is 0.335 e. The van der Waals surface area contributed by atoms with Crippen LogP contribution in [0.1, 0.15) is 51.4 Å². The van der Waals surface area contributed by atoms with Crippen LogP contribution in [0, 0.1) is 0 Å². The summed E-state index contributed by atoms with van der Waals surface area (Å²) in [7, 11) is 0. The van der Waals surface area contributed by atoms with Crippen molar-refractivity contribution in [1.29, 1.82) is 0 Å². The molecule has 0 spiro atoms. The number of ether oxygens (including phenoxy) is 3. The molecule has 2 amide bonds. The Kier molecular flexibility index (Phi) is 12.2. The predicted octanol–water partition coefficient (Wildman–Crippen LogP) is 10.00. The van der Waals surface area contributed by atoms with E-state index in [1.807, 2.05) is 121 Å². The second-order valence-corrected chi connectivity index (χ2v) is 14.2. The van der Waals surface area contributed by atoms with Gasteiger partial charge in [0.25, 0.3) is 0 Å². The zero-order valence-electron chi connectivity index (χ0n) is 29.8. The first-order valence-electron chi connectivity index (χ1n) is 17.9.